The number of nitrogens with one attached hydrogen (secondary N) is 3. The number of aromatic hydroxyl groups is 1. The summed E-state index contributed by atoms with van der Waals surface area (Å²) < 4.78 is 0. The van der Waals surface area contributed by atoms with Crippen LogP contribution in [0.15, 0.2) is 72.8 Å². The number of hydrogen-bond donors (Lipinski definition) is 4. The van der Waals surface area contributed by atoms with Gasteiger partial charge in [-0.15, -0.1) is 0 Å². The van der Waals surface area contributed by atoms with Gasteiger partial charge in [-0.25, -0.2) is 5.43 Å². The first-order valence-electron chi connectivity index (χ1n) is 13.0. The maximum absolute atomic E-state index is 11.9. The first kappa shape index (κ1) is 27.5. The number of phenolic OH excluding ortho intramolecular Hbond substituents is 1. The van der Waals surface area contributed by atoms with E-state index in [0.717, 1.165) is 48.1 Å². The molecule has 0 radical (unpaired) electrons. The standard InChI is InChI=1S/C31H35ClN4O2/c1-3-17-33-35-31(38)15-12-23-8-10-24(11-9-23)20-36(21-25-19-26(32)13-14-30(25)37)18-16-27-22(2)34-29-7-5-4-6-28(27)29/h4-15,19,33-34,37H,3,16-18,20-21H2,1-2H3,(H,35,38)/b15-12+. The van der Waals surface area contributed by atoms with E-state index in [1.807, 2.05) is 31.2 Å². The lowest BCUT2D eigenvalue weighted by Crippen LogP contribution is -2.36. The van der Waals surface area contributed by atoms with E-state index in [1.54, 1.807) is 18.2 Å². The van der Waals surface area contributed by atoms with Crippen molar-refractivity contribution >= 4 is 34.5 Å². The Balaban J connectivity index is 1.47. The van der Waals surface area contributed by atoms with Gasteiger partial charge in [-0.05, 0) is 66.8 Å². The van der Waals surface area contributed by atoms with Crippen molar-refractivity contribution in [3.63, 3.8) is 0 Å². The molecule has 3 aromatic carbocycles. The molecule has 0 unspecified atom stereocenters. The largest absolute Gasteiger partial charge is 0.508 e. The highest BCUT2D eigenvalue weighted by Gasteiger charge is 2.14. The van der Waals surface area contributed by atoms with Crippen molar-refractivity contribution in [3.05, 3.63) is 106 Å². The number of aromatic amines is 1. The topological polar surface area (TPSA) is 80.4 Å². The van der Waals surface area contributed by atoms with Gasteiger partial charge in [-0.3, -0.25) is 15.1 Å². The second-order valence-electron chi connectivity index (χ2n) is 9.50. The zero-order chi connectivity index (χ0) is 26.9. The van der Waals surface area contributed by atoms with Crippen molar-refractivity contribution in [1.82, 2.24) is 20.7 Å². The van der Waals surface area contributed by atoms with E-state index < -0.39 is 0 Å². The Kier molecular flexibility index (Phi) is 9.60. The average molecular weight is 531 g/mol. The summed E-state index contributed by atoms with van der Waals surface area (Å²) in [7, 11) is 0. The summed E-state index contributed by atoms with van der Waals surface area (Å²) in [6, 6.07) is 21.7. The number of hydrazine groups is 1. The van der Waals surface area contributed by atoms with Crippen molar-refractivity contribution < 1.29 is 9.90 Å². The van der Waals surface area contributed by atoms with Gasteiger partial charge in [0.05, 0.1) is 0 Å². The van der Waals surface area contributed by atoms with Crippen molar-refractivity contribution in [1.29, 1.82) is 0 Å². The molecule has 0 aliphatic rings. The molecule has 0 atom stereocenters. The molecule has 4 N–H and O–H groups in total. The fraction of sp³-hybridized carbons (Fsp3) is 0.258. The van der Waals surface area contributed by atoms with Crippen LogP contribution >= 0.6 is 11.6 Å². The number of rotatable bonds is 12. The van der Waals surface area contributed by atoms with Crippen LogP contribution in [-0.2, 0) is 24.3 Å². The average Bonchev–Trinajstić information content (AvgIpc) is 3.23. The lowest BCUT2D eigenvalue weighted by molar-refractivity contribution is -0.117. The van der Waals surface area contributed by atoms with Gasteiger partial charge in [0.15, 0.2) is 0 Å². The van der Waals surface area contributed by atoms with Crippen LogP contribution in [0, 0.1) is 6.92 Å². The van der Waals surface area contributed by atoms with E-state index in [0.29, 0.717) is 18.1 Å². The Morgan fingerprint density at radius 3 is 2.66 bits per heavy atom. The van der Waals surface area contributed by atoms with Crippen LogP contribution in [-0.4, -0.2) is 34.0 Å². The van der Waals surface area contributed by atoms with E-state index in [-0.39, 0.29) is 11.7 Å². The van der Waals surface area contributed by atoms with Crippen LogP contribution in [0.2, 0.25) is 5.02 Å². The highest BCUT2D eigenvalue weighted by atomic mass is 35.5. The second-order valence-corrected chi connectivity index (χ2v) is 9.94. The number of para-hydroxylation sites is 1. The minimum atomic E-state index is -0.178. The molecule has 1 aromatic heterocycles. The normalized spacial score (nSPS) is 11.6. The first-order valence-corrected chi connectivity index (χ1v) is 13.4. The van der Waals surface area contributed by atoms with Crippen LogP contribution in [0.1, 0.15) is 41.3 Å². The molecule has 1 amide bonds. The number of halogens is 1. The summed E-state index contributed by atoms with van der Waals surface area (Å²) in [6.07, 6.45) is 5.14. The number of carbonyl (C=O) groups excluding carboxylic acids is 1. The molecule has 7 heteroatoms. The molecular weight excluding hydrogens is 496 g/mol. The molecule has 38 heavy (non-hydrogen) atoms. The molecule has 0 fully saturated rings. The predicted octanol–water partition coefficient (Wildman–Crippen LogP) is 6.12. The summed E-state index contributed by atoms with van der Waals surface area (Å²) in [5.74, 6) is 0.0671. The number of benzene rings is 3. The molecule has 0 saturated heterocycles. The van der Waals surface area contributed by atoms with E-state index in [4.69, 9.17) is 11.6 Å². The molecule has 4 aromatic rings. The molecular formula is C31H35ClN4O2. The Labute approximate surface area is 229 Å². The maximum atomic E-state index is 11.9. The SMILES string of the molecule is CCCNNC(=O)/C=C/c1ccc(CN(CCc2c(C)[nH]c3ccccc23)Cc2cc(Cl)ccc2O)cc1. The molecule has 0 bridgehead atoms. The van der Waals surface area contributed by atoms with Gasteiger partial charge in [0, 0.05) is 59.4 Å². The molecule has 4 rings (SSSR count). The Bertz CT molecular complexity index is 1400. The van der Waals surface area contributed by atoms with E-state index in [1.165, 1.54) is 22.7 Å². The molecule has 0 aliphatic carbocycles. The highest BCUT2D eigenvalue weighted by Crippen LogP contribution is 2.26. The lowest BCUT2D eigenvalue weighted by atomic mass is 10.1. The first-order chi connectivity index (χ1) is 18.4. The van der Waals surface area contributed by atoms with Crippen LogP contribution in [0.3, 0.4) is 0 Å². The van der Waals surface area contributed by atoms with Crippen molar-refractivity contribution in [2.75, 3.05) is 13.1 Å². The summed E-state index contributed by atoms with van der Waals surface area (Å²) in [5, 5.41) is 12.3. The number of phenols is 1. The minimum Gasteiger partial charge on any atom is -0.508 e. The summed E-state index contributed by atoms with van der Waals surface area (Å²) in [4.78, 5) is 17.7. The number of carbonyl (C=O) groups is 1. The number of fused-ring (bicyclic) bond motifs is 1. The van der Waals surface area contributed by atoms with Gasteiger partial charge < -0.3 is 10.1 Å². The number of amides is 1. The predicted molar refractivity (Wildman–Crippen MR) is 156 cm³/mol. The highest BCUT2D eigenvalue weighted by molar-refractivity contribution is 6.30. The van der Waals surface area contributed by atoms with Crippen molar-refractivity contribution in [3.8, 4) is 5.75 Å². The van der Waals surface area contributed by atoms with Gasteiger partial charge in [0.2, 0.25) is 0 Å². The Morgan fingerprint density at radius 2 is 1.87 bits per heavy atom. The quantitative estimate of drug-likeness (QED) is 0.101. The smallest absolute Gasteiger partial charge is 0.258 e. The third kappa shape index (κ3) is 7.48. The number of aromatic nitrogens is 1. The summed E-state index contributed by atoms with van der Waals surface area (Å²) in [6.45, 7) is 6.98. The summed E-state index contributed by atoms with van der Waals surface area (Å²) in [5.41, 5.74) is 12.1. The number of aryl methyl sites for hydroxylation is 1. The van der Waals surface area contributed by atoms with E-state index in [9.17, 15) is 9.90 Å². The van der Waals surface area contributed by atoms with Crippen LogP contribution in [0.4, 0.5) is 0 Å². The minimum absolute atomic E-state index is 0.178. The van der Waals surface area contributed by atoms with Gasteiger partial charge >= 0.3 is 0 Å². The molecule has 198 valence electrons. The Hall–Kier alpha value is -3.58. The fourth-order valence-corrected chi connectivity index (χ4v) is 4.74. The second kappa shape index (κ2) is 13.3. The molecule has 6 nitrogen and oxygen atoms in total. The van der Waals surface area contributed by atoms with Crippen LogP contribution in [0.25, 0.3) is 17.0 Å². The van der Waals surface area contributed by atoms with Crippen LogP contribution in [0.5, 0.6) is 5.75 Å². The van der Waals surface area contributed by atoms with Gasteiger partial charge in [0.1, 0.15) is 5.75 Å². The third-order valence-electron chi connectivity index (χ3n) is 6.54. The third-order valence-corrected chi connectivity index (χ3v) is 6.78. The maximum Gasteiger partial charge on any atom is 0.258 e. The number of hydrogen-bond acceptors (Lipinski definition) is 4. The van der Waals surface area contributed by atoms with E-state index >= 15 is 0 Å². The molecule has 0 spiro atoms. The summed E-state index contributed by atoms with van der Waals surface area (Å²) >= 11 is 6.24. The molecule has 0 aliphatic heterocycles. The van der Waals surface area contributed by atoms with Gasteiger partial charge in [-0.2, -0.15) is 0 Å². The Morgan fingerprint density at radius 1 is 1.08 bits per heavy atom. The molecule has 1 heterocycles. The fourth-order valence-electron chi connectivity index (χ4n) is 4.54. The monoisotopic (exact) mass is 530 g/mol. The van der Waals surface area contributed by atoms with Gasteiger partial charge in [-0.1, -0.05) is 61.0 Å². The number of H-pyrrole nitrogens is 1. The lowest BCUT2D eigenvalue weighted by Gasteiger charge is -2.23. The van der Waals surface area contributed by atoms with Crippen molar-refractivity contribution in [2.45, 2.75) is 39.8 Å². The number of nitrogens with zero attached hydrogens (tertiary/aromatic N) is 1. The van der Waals surface area contributed by atoms with E-state index in [2.05, 4.69) is 58.0 Å². The van der Waals surface area contributed by atoms with Crippen molar-refractivity contribution in [2.24, 2.45) is 0 Å². The molecule has 0 saturated carbocycles. The van der Waals surface area contributed by atoms with Gasteiger partial charge in [0.25, 0.3) is 5.91 Å². The van der Waals surface area contributed by atoms with Crippen LogP contribution < -0.4 is 10.9 Å². The zero-order valence-electron chi connectivity index (χ0n) is 21.9. The zero-order valence-corrected chi connectivity index (χ0v) is 22.7.